The molecule has 0 atom stereocenters. The van der Waals surface area contributed by atoms with Crippen molar-refractivity contribution in [3.63, 3.8) is 0 Å². The van der Waals surface area contributed by atoms with Gasteiger partial charge in [0.25, 0.3) is 0 Å². The van der Waals surface area contributed by atoms with Crippen molar-refractivity contribution in [3.8, 4) is 5.75 Å². The first-order chi connectivity index (χ1) is 12.0. The highest BCUT2D eigenvalue weighted by Crippen LogP contribution is 2.20. The fourth-order valence-corrected chi connectivity index (χ4v) is 2.54. The Morgan fingerprint density at radius 3 is 2.28 bits per heavy atom. The van der Waals surface area contributed by atoms with E-state index in [0.29, 0.717) is 26.2 Å². The molecule has 1 N–H and O–H groups in total. The van der Waals surface area contributed by atoms with Crippen LogP contribution in [0.1, 0.15) is 6.92 Å². The maximum absolute atomic E-state index is 12.1. The van der Waals surface area contributed by atoms with Crippen molar-refractivity contribution >= 4 is 23.5 Å². The molecule has 0 bridgehead atoms. The number of esters is 1. The maximum atomic E-state index is 12.1. The van der Waals surface area contributed by atoms with Gasteiger partial charge in [-0.3, -0.25) is 9.59 Å². The molecule has 1 aliphatic rings. The van der Waals surface area contributed by atoms with Crippen molar-refractivity contribution in [2.24, 2.45) is 0 Å². The SMILES string of the molecule is CCOC(=O)C(=O)NCC(=O)N1CCN(c2ccc(OC)cc2)CC1. The number of rotatable bonds is 5. The summed E-state index contributed by atoms with van der Waals surface area (Å²) < 4.78 is 9.71. The molecule has 0 aromatic heterocycles. The molecule has 8 nitrogen and oxygen atoms in total. The molecular weight excluding hydrogens is 326 g/mol. The van der Waals surface area contributed by atoms with Crippen LogP contribution in [0.15, 0.2) is 24.3 Å². The van der Waals surface area contributed by atoms with E-state index in [-0.39, 0.29) is 19.1 Å². The van der Waals surface area contributed by atoms with Crippen LogP contribution in [0.2, 0.25) is 0 Å². The van der Waals surface area contributed by atoms with Crippen LogP contribution in [0.3, 0.4) is 0 Å². The Morgan fingerprint density at radius 2 is 1.72 bits per heavy atom. The molecule has 1 aromatic rings. The molecule has 136 valence electrons. The number of amides is 2. The summed E-state index contributed by atoms with van der Waals surface area (Å²) in [5.41, 5.74) is 1.07. The Labute approximate surface area is 146 Å². The van der Waals surface area contributed by atoms with Crippen molar-refractivity contribution < 1.29 is 23.9 Å². The summed E-state index contributed by atoms with van der Waals surface area (Å²) in [6.45, 7) is 4.03. The van der Waals surface area contributed by atoms with Crippen LogP contribution in [0.25, 0.3) is 0 Å². The fourth-order valence-electron chi connectivity index (χ4n) is 2.54. The predicted octanol–water partition coefficient (Wildman–Crippen LogP) is 0.0231. The number of anilines is 1. The minimum Gasteiger partial charge on any atom is -0.497 e. The molecule has 25 heavy (non-hydrogen) atoms. The standard InChI is InChI=1S/C17H23N3O5/c1-3-25-17(23)16(22)18-12-15(21)20-10-8-19(9-11-20)13-4-6-14(24-2)7-5-13/h4-7H,3,8-12H2,1-2H3,(H,18,22). The smallest absolute Gasteiger partial charge is 0.396 e. The lowest BCUT2D eigenvalue weighted by atomic mass is 10.2. The lowest BCUT2D eigenvalue weighted by Gasteiger charge is -2.36. The maximum Gasteiger partial charge on any atom is 0.396 e. The normalized spacial score (nSPS) is 14.0. The van der Waals surface area contributed by atoms with Gasteiger partial charge >= 0.3 is 11.9 Å². The lowest BCUT2D eigenvalue weighted by molar-refractivity contribution is -0.154. The lowest BCUT2D eigenvalue weighted by Crippen LogP contribution is -2.51. The van der Waals surface area contributed by atoms with Gasteiger partial charge in [0, 0.05) is 31.9 Å². The summed E-state index contributed by atoms with van der Waals surface area (Å²) in [7, 11) is 1.63. The number of hydrogen-bond acceptors (Lipinski definition) is 6. The first-order valence-corrected chi connectivity index (χ1v) is 8.17. The van der Waals surface area contributed by atoms with E-state index in [4.69, 9.17) is 4.74 Å². The van der Waals surface area contributed by atoms with Gasteiger partial charge in [0.05, 0.1) is 20.3 Å². The van der Waals surface area contributed by atoms with Crippen molar-refractivity contribution in [3.05, 3.63) is 24.3 Å². The first-order valence-electron chi connectivity index (χ1n) is 8.17. The number of ether oxygens (including phenoxy) is 2. The largest absolute Gasteiger partial charge is 0.497 e. The van der Waals surface area contributed by atoms with Crippen molar-refractivity contribution in [2.75, 3.05) is 51.3 Å². The molecule has 0 radical (unpaired) electrons. The summed E-state index contributed by atoms with van der Waals surface area (Å²) in [6, 6.07) is 7.77. The van der Waals surface area contributed by atoms with Gasteiger partial charge in [-0.25, -0.2) is 4.79 Å². The van der Waals surface area contributed by atoms with Gasteiger partial charge in [-0.1, -0.05) is 0 Å². The second kappa shape index (κ2) is 8.91. The number of carbonyl (C=O) groups is 3. The molecular formula is C17H23N3O5. The van der Waals surface area contributed by atoms with Crippen LogP contribution in [0.5, 0.6) is 5.75 Å². The Balaban J connectivity index is 1.77. The number of benzene rings is 1. The minimum absolute atomic E-state index is 0.119. The molecule has 8 heteroatoms. The van der Waals surface area contributed by atoms with Gasteiger partial charge in [0.15, 0.2) is 0 Å². The van der Waals surface area contributed by atoms with E-state index in [1.165, 1.54) is 0 Å². The Hall–Kier alpha value is -2.77. The van der Waals surface area contributed by atoms with Crippen molar-refractivity contribution in [2.45, 2.75) is 6.92 Å². The number of carbonyl (C=O) groups excluding carboxylic acids is 3. The van der Waals surface area contributed by atoms with E-state index < -0.39 is 11.9 Å². The Bertz CT molecular complexity index is 609. The zero-order valence-electron chi connectivity index (χ0n) is 14.5. The number of nitrogens with one attached hydrogen (secondary N) is 1. The minimum atomic E-state index is -0.973. The monoisotopic (exact) mass is 349 g/mol. The van der Waals surface area contributed by atoms with Gasteiger partial charge in [-0.05, 0) is 31.2 Å². The summed E-state index contributed by atoms with van der Waals surface area (Å²) in [5.74, 6) is -1.28. The van der Waals surface area contributed by atoms with Gasteiger partial charge < -0.3 is 24.6 Å². The zero-order valence-corrected chi connectivity index (χ0v) is 14.5. The van der Waals surface area contributed by atoms with Crippen LogP contribution < -0.4 is 15.0 Å². The third-order valence-electron chi connectivity index (χ3n) is 3.93. The Morgan fingerprint density at radius 1 is 1.08 bits per heavy atom. The van der Waals surface area contributed by atoms with Crippen LogP contribution in [0, 0.1) is 0 Å². The molecule has 0 saturated carbocycles. The highest BCUT2D eigenvalue weighted by Gasteiger charge is 2.23. The predicted molar refractivity (Wildman–Crippen MR) is 91.4 cm³/mol. The van der Waals surface area contributed by atoms with E-state index in [1.807, 2.05) is 24.3 Å². The molecule has 0 spiro atoms. The third kappa shape index (κ3) is 5.10. The summed E-state index contributed by atoms with van der Waals surface area (Å²) in [4.78, 5) is 38.6. The topological polar surface area (TPSA) is 88.2 Å². The van der Waals surface area contributed by atoms with Gasteiger partial charge in [-0.15, -0.1) is 0 Å². The van der Waals surface area contributed by atoms with Crippen molar-refractivity contribution in [1.82, 2.24) is 10.2 Å². The van der Waals surface area contributed by atoms with E-state index >= 15 is 0 Å². The number of methoxy groups -OCH3 is 1. The molecule has 2 rings (SSSR count). The first kappa shape index (κ1) is 18.6. The van der Waals surface area contributed by atoms with Crippen molar-refractivity contribution in [1.29, 1.82) is 0 Å². The molecule has 2 amide bonds. The molecule has 1 aromatic carbocycles. The number of piperazine rings is 1. The molecule has 0 unspecified atom stereocenters. The van der Waals surface area contributed by atoms with Crippen LogP contribution in [-0.2, 0) is 19.1 Å². The fraction of sp³-hybridized carbons (Fsp3) is 0.471. The van der Waals surface area contributed by atoms with Crippen LogP contribution >= 0.6 is 0 Å². The van der Waals surface area contributed by atoms with Gasteiger partial charge in [0.2, 0.25) is 5.91 Å². The second-order valence-electron chi connectivity index (χ2n) is 5.47. The summed E-state index contributed by atoms with van der Waals surface area (Å²) in [5, 5.41) is 2.29. The molecule has 1 heterocycles. The van der Waals surface area contributed by atoms with E-state index in [2.05, 4.69) is 15.0 Å². The van der Waals surface area contributed by atoms with Crippen LogP contribution in [-0.4, -0.2) is 69.1 Å². The quantitative estimate of drug-likeness (QED) is 0.596. The number of hydrogen-bond donors (Lipinski definition) is 1. The van der Waals surface area contributed by atoms with E-state index in [0.717, 1.165) is 11.4 Å². The van der Waals surface area contributed by atoms with Gasteiger partial charge in [-0.2, -0.15) is 0 Å². The highest BCUT2D eigenvalue weighted by atomic mass is 16.5. The summed E-state index contributed by atoms with van der Waals surface area (Å²) >= 11 is 0. The molecule has 1 fully saturated rings. The highest BCUT2D eigenvalue weighted by molar-refractivity contribution is 6.32. The average Bonchev–Trinajstić information content (AvgIpc) is 2.66. The number of nitrogens with zero attached hydrogens (tertiary/aromatic N) is 2. The Kier molecular flexibility index (Phi) is 6.62. The average molecular weight is 349 g/mol. The summed E-state index contributed by atoms with van der Waals surface area (Å²) in [6.07, 6.45) is 0. The third-order valence-corrected chi connectivity index (χ3v) is 3.93. The van der Waals surface area contributed by atoms with Crippen LogP contribution in [0.4, 0.5) is 5.69 Å². The van der Waals surface area contributed by atoms with Gasteiger partial charge in [0.1, 0.15) is 5.75 Å². The molecule has 1 saturated heterocycles. The molecule has 1 aliphatic heterocycles. The second-order valence-corrected chi connectivity index (χ2v) is 5.47. The van der Waals surface area contributed by atoms with E-state index in [9.17, 15) is 14.4 Å². The molecule has 0 aliphatic carbocycles. The van der Waals surface area contributed by atoms with E-state index in [1.54, 1.807) is 18.9 Å². The zero-order chi connectivity index (χ0) is 18.2.